The van der Waals surface area contributed by atoms with Crippen LogP contribution >= 0.6 is 0 Å². The molecule has 0 saturated carbocycles. The molecular formula is C21H20F3N3O6S. The number of hydrogen-bond acceptors (Lipinski definition) is 6. The molecule has 1 saturated heterocycles. The molecule has 1 amide bonds. The van der Waals surface area contributed by atoms with Gasteiger partial charge in [0.15, 0.2) is 4.90 Å². The summed E-state index contributed by atoms with van der Waals surface area (Å²) < 4.78 is 71.4. The van der Waals surface area contributed by atoms with Gasteiger partial charge in [-0.05, 0) is 37.5 Å². The zero-order valence-electron chi connectivity index (χ0n) is 17.9. The Morgan fingerprint density at radius 1 is 1.15 bits per heavy atom. The molecule has 0 atom stereocenters. The van der Waals surface area contributed by atoms with Crippen LogP contribution in [0.25, 0.3) is 0 Å². The first kappa shape index (κ1) is 24.0. The minimum absolute atomic E-state index is 0.0732. The van der Waals surface area contributed by atoms with E-state index in [2.05, 4.69) is 0 Å². The lowest BCUT2D eigenvalue weighted by Crippen LogP contribution is -2.50. The van der Waals surface area contributed by atoms with Crippen molar-refractivity contribution in [2.75, 3.05) is 18.0 Å². The highest BCUT2D eigenvalue weighted by Crippen LogP contribution is 2.38. The molecule has 0 aliphatic carbocycles. The molecule has 2 aromatic carbocycles. The molecule has 9 nitrogen and oxygen atoms in total. The monoisotopic (exact) mass is 499 g/mol. The zero-order chi connectivity index (χ0) is 24.8. The summed E-state index contributed by atoms with van der Waals surface area (Å²) in [5, 5.41) is 11.4. The van der Waals surface area contributed by atoms with Gasteiger partial charge in [0.05, 0.1) is 16.2 Å². The fourth-order valence-electron chi connectivity index (χ4n) is 4.35. The number of rotatable bonds is 4. The number of halogens is 3. The second kappa shape index (κ2) is 8.55. The number of fused-ring (bicyclic) bond motifs is 1. The lowest BCUT2D eigenvalue weighted by Gasteiger charge is -2.40. The van der Waals surface area contributed by atoms with Crippen molar-refractivity contribution in [1.82, 2.24) is 4.31 Å². The van der Waals surface area contributed by atoms with E-state index in [0.29, 0.717) is 12.1 Å². The lowest BCUT2D eigenvalue weighted by molar-refractivity contribution is -0.388. The third-order valence-corrected chi connectivity index (χ3v) is 7.95. The average Bonchev–Trinajstić information content (AvgIpc) is 2.78. The molecular weight excluding hydrogens is 479 g/mol. The number of amides is 1. The molecule has 2 aliphatic rings. The summed E-state index contributed by atoms with van der Waals surface area (Å²) in [7, 11) is -4.45. The summed E-state index contributed by atoms with van der Waals surface area (Å²) in [6, 6.07) is 6.52. The van der Waals surface area contributed by atoms with Crippen molar-refractivity contribution in [1.29, 1.82) is 0 Å². The Hall–Kier alpha value is -3.19. The predicted octanol–water partition coefficient (Wildman–Crippen LogP) is 4.23. The zero-order valence-corrected chi connectivity index (χ0v) is 18.7. The van der Waals surface area contributed by atoms with Gasteiger partial charge in [0.1, 0.15) is 6.61 Å². The van der Waals surface area contributed by atoms with E-state index >= 15 is 0 Å². The van der Waals surface area contributed by atoms with Crippen LogP contribution in [0, 0.1) is 17.0 Å². The first-order chi connectivity index (χ1) is 15.9. The summed E-state index contributed by atoms with van der Waals surface area (Å²) in [6.45, 7) is 1.84. The SMILES string of the molecule is Cc1cccc2c1N(C1CCN(S(=O)(=O)c3ccc(C(F)(F)F)cc3[N+](=O)[O-])CC1)C(=O)OC2. The Labute approximate surface area is 192 Å². The number of aryl methyl sites for hydroxylation is 1. The molecule has 4 rings (SSSR count). The number of ether oxygens (including phenoxy) is 1. The summed E-state index contributed by atoms with van der Waals surface area (Å²) in [5.74, 6) is 0. The molecule has 0 spiro atoms. The first-order valence-electron chi connectivity index (χ1n) is 10.3. The van der Waals surface area contributed by atoms with Crippen LogP contribution in [0.5, 0.6) is 0 Å². The molecule has 13 heteroatoms. The third-order valence-electron chi connectivity index (χ3n) is 6.00. The van der Waals surface area contributed by atoms with E-state index in [1.54, 1.807) is 0 Å². The molecule has 0 radical (unpaired) electrons. The van der Waals surface area contributed by atoms with Crippen molar-refractivity contribution in [2.45, 2.75) is 43.5 Å². The summed E-state index contributed by atoms with van der Waals surface area (Å²) in [6.07, 6.45) is -4.96. The summed E-state index contributed by atoms with van der Waals surface area (Å²) in [5.41, 5.74) is -0.0336. The Morgan fingerprint density at radius 3 is 2.44 bits per heavy atom. The lowest BCUT2D eigenvalue weighted by atomic mass is 10.00. The van der Waals surface area contributed by atoms with E-state index in [-0.39, 0.29) is 44.6 Å². The van der Waals surface area contributed by atoms with Crippen molar-refractivity contribution < 1.29 is 36.0 Å². The van der Waals surface area contributed by atoms with Crippen LogP contribution in [-0.2, 0) is 27.5 Å². The Kier molecular flexibility index (Phi) is 6.02. The van der Waals surface area contributed by atoms with Gasteiger partial charge in [0, 0.05) is 30.8 Å². The van der Waals surface area contributed by atoms with E-state index < -0.39 is 43.4 Å². The molecule has 0 bridgehead atoms. The van der Waals surface area contributed by atoms with Gasteiger partial charge >= 0.3 is 12.3 Å². The van der Waals surface area contributed by atoms with Crippen molar-refractivity contribution in [3.63, 3.8) is 0 Å². The topological polar surface area (TPSA) is 110 Å². The molecule has 34 heavy (non-hydrogen) atoms. The quantitative estimate of drug-likeness (QED) is 0.460. The second-order valence-corrected chi connectivity index (χ2v) is 9.99. The first-order valence-corrected chi connectivity index (χ1v) is 11.8. The maximum atomic E-state index is 13.1. The van der Waals surface area contributed by atoms with E-state index in [0.717, 1.165) is 21.1 Å². The smallest absolute Gasteiger partial charge is 0.416 e. The molecule has 2 heterocycles. The minimum Gasteiger partial charge on any atom is -0.444 e. The number of cyclic esters (lactones) is 1. The van der Waals surface area contributed by atoms with Crippen LogP contribution in [-0.4, -0.2) is 42.9 Å². The van der Waals surface area contributed by atoms with Crippen LogP contribution in [0.3, 0.4) is 0 Å². The Morgan fingerprint density at radius 2 is 1.82 bits per heavy atom. The number of carbonyl (C=O) groups excluding carboxylic acids is 1. The number of alkyl halides is 3. The number of para-hydroxylation sites is 1. The van der Waals surface area contributed by atoms with Gasteiger partial charge in [-0.25, -0.2) is 13.2 Å². The fourth-order valence-corrected chi connectivity index (χ4v) is 5.95. The van der Waals surface area contributed by atoms with Gasteiger partial charge in [0.25, 0.3) is 5.69 Å². The summed E-state index contributed by atoms with van der Waals surface area (Å²) >= 11 is 0. The standard InChI is InChI=1S/C21H20F3N3O6S/c1-13-3-2-4-14-12-33-20(28)26(19(13)14)16-7-9-25(10-8-16)34(31,32)18-6-5-15(21(22,23)24)11-17(18)27(29)30/h2-6,11,16H,7-10,12H2,1H3. The number of sulfonamides is 1. The number of nitro groups is 1. The van der Waals surface area contributed by atoms with Crippen LogP contribution < -0.4 is 4.90 Å². The average molecular weight is 499 g/mol. The molecule has 1 fully saturated rings. The van der Waals surface area contributed by atoms with Gasteiger partial charge in [-0.3, -0.25) is 15.0 Å². The third kappa shape index (κ3) is 4.20. The summed E-state index contributed by atoms with van der Waals surface area (Å²) in [4.78, 5) is 23.5. The Bertz CT molecular complexity index is 1260. The van der Waals surface area contributed by atoms with Gasteiger partial charge < -0.3 is 4.74 Å². The van der Waals surface area contributed by atoms with Gasteiger partial charge in [-0.2, -0.15) is 17.5 Å². The highest BCUT2D eigenvalue weighted by Gasteiger charge is 2.41. The van der Waals surface area contributed by atoms with Crippen LogP contribution in [0.4, 0.5) is 29.3 Å². The van der Waals surface area contributed by atoms with Crippen LogP contribution in [0.1, 0.15) is 29.5 Å². The van der Waals surface area contributed by atoms with Crippen molar-refractivity contribution in [2.24, 2.45) is 0 Å². The van der Waals surface area contributed by atoms with E-state index in [1.165, 1.54) is 4.90 Å². The highest BCUT2D eigenvalue weighted by molar-refractivity contribution is 7.89. The predicted molar refractivity (Wildman–Crippen MR) is 114 cm³/mol. The number of benzene rings is 2. The normalized spacial score (nSPS) is 17.9. The maximum Gasteiger partial charge on any atom is 0.416 e. The molecule has 0 unspecified atom stereocenters. The largest absolute Gasteiger partial charge is 0.444 e. The molecule has 2 aromatic rings. The van der Waals surface area contributed by atoms with Crippen molar-refractivity contribution in [3.8, 4) is 0 Å². The van der Waals surface area contributed by atoms with Crippen molar-refractivity contribution >= 4 is 27.5 Å². The van der Waals surface area contributed by atoms with E-state index in [4.69, 9.17) is 4.74 Å². The molecule has 0 N–H and O–H groups in total. The maximum absolute atomic E-state index is 13.1. The number of anilines is 1. The molecule has 0 aromatic heterocycles. The fraction of sp³-hybridized carbons (Fsp3) is 0.381. The van der Waals surface area contributed by atoms with Crippen LogP contribution in [0.15, 0.2) is 41.3 Å². The number of piperidine rings is 1. The molecule has 2 aliphatic heterocycles. The van der Waals surface area contributed by atoms with Gasteiger partial charge in [-0.15, -0.1) is 0 Å². The number of nitro benzene ring substituents is 1. The number of nitrogens with zero attached hydrogens (tertiary/aromatic N) is 3. The Balaban J connectivity index is 1.59. The van der Waals surface area contributed by atoms with E-state index in [1.807, 2.05) is 25.1 Å². The second-order valence-electron chi connectivity index (χ2n) is 8.08. The van der Waals surface area contributed by atoms with Gasteiger partial charge in [-0.1, -0.05) is 18.2 Å². The van der Waals surface area contributed by atoms with E-state index in [9.17, 15) is 36.5 Å². The highest BCUT2D eigenvalue weighted by atomic mass is 32.2. The van der Waals surface area contributed by atoms with Crippen molar-refractivity contribution in [3.05, 3.63) is 63.2 Å². The van der Waals surface area contributed by atoms with Crippen LogP contribution in [0.2, 0.25) is 0 Å². The minimum atomic E-state index is -4.86. The van der Waals surface area contributed by atoms with Gasteiger partial charge in [0.2, 0.25) is 10.0 Å². The number of carbonyl (C=O) groups is 1. The molecule has 182 valence electrons. The number of hydrogen-bond donors (Lipinski definition) is 0.